The minimum atomic E-state index is -1.92. The van der Waals surface area contributed by atoms with Crippen molar-refractivity contribution in [2.45, 2.75) is 11.7 Å². The molecule has 2 aromatic heterocycles. The Kier molecular flexibility index (Phi) is 4.84. The molecule has 0 spiro atoms. The Morgan fingerprint density at radius 1 is 0.963 bits per heavy atom. The van der Waals surface area contributed by atoms with Crippen LogP contribution in [-0.4, -0.2) is 39.0 Å². The lowest BCUT2D eigenvalue weighted by atomic mass is 10.0. The van der Waals surface area contributed by atoms with Gasteiger partial charge in [0, 0.05) is 17.9 Å². The number of aromatic amines is 1. The standard InChI is InChI=1S/C18H16F2N6Si/c19-15-5-1-13(2-6-15)18(14-3-7-16(20)8-4-14)27(17-9-22-25-24-17)12-26-11-21-10-23-26/h1-11,18,27H,12H2,(H,22,24,25). The Morgan fingerprint density at radius 2 is 1.59 bits per heavy atom. The van der Waals surface area contributed by atoms with Crippen molar-refractivity contribution in [3.8, 4) is 0 Å². The first kappa shape index (κ1) is 17.2. The van der Waals surface area contributed by atoms with Gasteiger partial charge in [-0.25, -0.2) is 13.8 Å². The van der Waals surface area contributed by atoms with Crippen LogP contribution in [0.1, 0.15) is 16.7 Å². The zero-order valence-corrected chi connectivity index (χ0v) is 15.4. The first-order valence-corrected chi connectivity index (χ1v) is 10.5. The Morgan fingerprint density at radius 3 is 2.07 bits per heavy atom. The summed E-state index contributed by atoms with van der Waals surface area (Å²) < 4.78 is 28.8. The summed E-state index contributed by atoms with van der Waals surface area (Å²) in [7, 11) is -1.92. The third kappa shape index (κ3) is 3.82. The van der Waals surface area contributed by atoms with E-state index in [-0.39, 0.29) is 17.2 Å². The Balaban J connectivity index is 1.82. The van der Waals surface area contributed by atoms with Gasteiger partial charge in [-0.3, -0.25) is 9.78 Å². The molecule has 0 amide bonds. The molecule has 4 rings (SSSR count). The van der Waals surface area contributed by atoms with Crippen LogP contribution in [0.5, 0.6) is 0 Å². The highest BCUT2D eigenvalue weighted by molar-refractivity contribution is 6.73. The van der Waals surface area contributed by atoms with E-state index >= 15 is 0 Å². The molecule has 2 heterocycles. The number of halogens is 2. The van der Waals surface area contributed by atoms with Gasteiger partial charge in [0.1, 0.15) is 33.1 Å². The van der Waals surface area contributed by atoms with Gasteiger partial charge >= 0.3 is 0 Å². The number of nitrogens with zero attached hydrogens (tertiary/aromatic N) is 5. The van der Waals surface area contributed by atoms with E-state index in [4.69, 9.17) is 0 Å². The van der Waals surface area contributed by atoms with Gasteiger partial charge in [0.15, 0.2) is 0 Å². The molecule has 1 atom stereocenters. The van der Waals surface area contributed by atoms with Crippen molar-refractivity contribution in [2.24, 2.45) is 0 Å². The van der Waals surface area contributed by atoms with Gasteiger partial charge in [0.05, 0.1) is 5.32 Å². The van der Waals surface area contributed by atoms with Crippen LogP contribution in [0, 0.1) is 11.6 Å². The first-order chi connectivity index (χ1) is 13.2. The average Bonchev–Trinajstić information content (AvgIpc) is 3.38. The van der Waals surface area contributed by atoms with Crippen molar-refractivity contribution >= 4 is 14.1 Å². The molecular weight excluding hydrogens is 366 g/mol. The molecular formula is C18H16F2N6Si. The summed E-state index contributed by atoms with van der Waals surface area (Å²) >= 11 is 0. The van der Waals surface area contributed by atoms with E-state index in [0.29, 0.717) is 6.17 Å². The minimum Gasteiger partial charge on any atom is -0.266 e. The van der Waals surface area contributed by atoms with E-state index in [9.17, 15) is 8.78 Å². The molecule has 0 bridgehead atoms. The van der Waals surface area contributed by atoms with Crippen molar-refractivity contribution < 1.29 is 8.78 Å². The molecule has 27 heavy (non-hydrogen) atoms. The zero-order valence-electron chi connectivity index (χ0n) is 14.2. The summed E-state index contributed by atoms with van der Waals surface area (Å²) in [5, 5.41) is 16.0. The molecule has 0 aliphatic carbocycles. The minimum absolute atomic E-state index is 0.0690. The Labute approximate surface area is 155 Å². The number of nitrogens with one attached hydrogen (secondary N) is 1. The fraction of sp³-hybridized carbons (Fsp3) is 0.111. The van der Waals surface area contributed by atoms with Gasteiger partial charge in [-0.15, -0.1) is 5.10 Å². The second-order valence-corrected chi connectivity index (χ2v) is 9.04. The highest BCUT2D eigenvalue weighted by atomic mass is 28.3. The Hall–Kier alpha value is -3.20. The maximum absolute atomic E-state index is 13.5. The highest BCUT2D eigenvalue weighted by Crippen LogP contribution is 2.28. The highest BCUT2D eigenvalue weighted by Gasteiger charge is 2.31. The van der Waals surface area contributed by atoms with E-state index in [1.165, 1.54) is 30.6 Å². The summed E-state index contributed by atoms with van der Waals surface area (Å²) in [6.07, 6.45) is 5.55. The molecule has 0 aliphatic rings. The first-order valence-electron chi connectivity index (χ1n) is 8.40. The molecule has 9 heteroatoms. The number of benzene rings is 2. The van der Waals surface area contributed by atoms with Gasteiger partial charge in [-0.1, -0.05) is 29.5 Å². The molecule has 0 radical (unpaired) electrons. The van der Waals surface area contributed by atoms with Crippen molar-refractivity contribution in [3.05, 3.63) is 90.1 Å². The van der Waals surface area contributed by atoms with Crippen molar-refractivity contribution in [3.63, 3.8) is 0 Å². The molecule has 0 aliphatic heterocycles. The van der Waals surface area contributed by atoms with Gasteiger partial charge in [-0.05, 0) is 35.4 Å². The molecule has 0 saturated heterocycles. The molecule has 136 valence electrons. The normalized spacial score (nSPS) is 12.4. The lowest BCUT2D eigenvalue weighted by molar-refractivity contribution is 0.626. The van der Waals surface area contributed by atoms with Crippen LogP contribution in [0.2, 0.25) is 0 Å². The van der Waals surface area contributed by atoms with E-state index in [1.807, 2.05) is 0 Å². The monoisotopic (exact) mass is 382 g/mol. The fourth-order valence-corrected chi connectivity index (χ4v) is 6.49. The van der Waals surface area contributed by atoms with Crippen LogP contribution < -0.4 is 5.32 Å². The lowest BCUT2D eigenvalue weighted by Gasteiger charge is -2.25. The van der Waals surface area contributed by atoms with Gasteiger partial charge in [-0.2, -0.15) is 5.10 Å². The van der Waals surface area contributed by atoms with Crippen LogP contribution in [0.3, 0.4) is 0 Å². The second kappa shape index (κ2) is 7.58. The van der Waals surface area contributed by atoms with Crippen molar-refractivity contribution in [2.75, 3.05) is 0 Å². The van der Waals surface area contributed by atoms with E-state index in [0.717, 1.165) is 16.4 Å². The summed E-state index contributed by atoms with van der Waals surface area (Å²) in [5.74, 6) is -0.597. The predicted molar refractivity (Wildman–Crippen MR) is 97.8 cm³/mol. The van der Waals surface area contributed by atoms with Crippen LogP contribution in [0.15, 0.2) is 67.4 Å². The van der Waals surface area contributed by atoms with Crippen LogP contribution in [0.4, 0.5) is 8.78 Å². The number of rotatable bonds is 6. The van der Waals surface area contributed by atoms with Crippen LogP contribution in [-0.2, 0) is 6.17 Å². The molecule has 0 fully saturated rings. The lowest BCUT2D eigenvalue weighted by Crippen LogP contribution is -2.43. The third-order valence-electron chi connectivity index (χ3n) is 4.53. The van der Waals surface area contributed by atoms with Crippen molar-refractivity contribution in [1.82, 2.24) is 30.2 Å². The topological polar surface area (TPSA) is 72.3 Å². The van der Waals surface area contributed by atoms with Crippen molar-refractivity contribution in [1.29, 1.82) is 0 Å². The van der Waals surface area contributed by atoms with E-state index in [2.05, 4.69) is 25.5 Å². The fourth-order valence-electron chi connectivity index (χ4n) is 3.29. The molecule has 2 aromatic carbocycles. The summed E-state index contributed by atoms with van der Waals surface area (Å²) in [6.45, 7) is 0. The largest absolute Gasteiger partial charge is 0.266 e. The molecule has 0 saturated carbocycles. The third-order valence-corrected chi connectivity index (χ3v) is 7.91. The SMILES string of the molecule is Fc1ccc(C(c2ccc(F)cc2)[SiH](Cn2cncn2)c2c[nH]nn2)cc1. The average molecular weight is 382 g/mol. The number of hydrogen-bond acceptors (Lipinski definition) is 4. The zero-order chi connectivity index (χ0) is 18.6. The summed E-state index contributed by atoms with van der Waals surface area (Å²) in [4.78, 5) is 4.02. The van der Waals surface area contributed by atoms with Crippen LogP contribution >= 0.6 is 0 Å². The molecule has 4 aromatic rings. The smallest absolute Gasteiger partial charge is 0.137 e. The van der Waals surface area contributed by atoms with E-state index < -0.39 is 8.80 Å². The van der Waals surface area contributed by atoms with E-state index in [1.54, 1.807) is 41.5 Å². The Bertz CT molecular complexity index is 926. The molecule has 1 N–H and O–H groups in total. The quantitative estimate of drug-likeness (QED) is 0.516. The maximum atomic E-state index is 13.5. The number of H-pyrrole nitrogens is 1. The number of aromatic nitrogens is 6. The predicted octanol–water partition coefficient (Wildman–Crippen LogP) is 1.72. The molecule has 6 nitrogen and oxygen atoms in total. The maximum Gasteiger partial charge on any atom is 0.137 e. The molecule has 1 unspecified atom stereocenters. The van der Waals surface area contributed by atoms with Gasteiger partial charge in [0.25, 0.3) is 0 Å². The van der Waals surface area contributed by atoms with Gasteiger partial charge in [0.2, 0.25) is 0 Å². The second-order valence-electron chi connectivity index (χ2n) is 6.20. The summed E-state index contributed by atoms with van der Waals surface area (Å²) in [6, 6.07) is 12.8. The summed E-state index contributed by atoms with van der Waals surface area (Å²) in [5.41, 5.74) is 1.83. The van der Waals surface area contributed by atoms with Crippen LogP contribution in [0.25, 0.3) is 0 Å². The van der Waals surface area contributed by atoms with Gasteiger partial charge < -0.3 is 0 Å². The number of hydrogen-bond donors (Lipinski definition) is 1.